The molecule has 0 bridgehead atoms. The topological polar surface area (TPSA) is 94.5 Å². The molecule has 110 valence electrons. The molecule has 2 rings (SSSR count). The summed E-state index contributed by atoms with van der Waals surface area (Å²) in [5, 5.41) is 0. The van der Waals surface area contributed by atoms with Gasteiger partial charge in [0.2, 0.25) is 0 Å². The summed E-state index contributed by atoms with van der Waals surface area (Å²) in [4.78, 5) is 18.2. The molecular formula is C14H22N4O2. The van der Waals surface area contributed by atoms with E-state index in [1.54, 1.807) is 13.2 Å². The number of nitrogens with zero attached hydrogens (tertiary/aromatic N) is 2. The number of amides is 1. The molecule has 1 amide bonds. The van der Waals surface area contributed by atoms with E-state index in [-0.39, 0.29) is 12.1 Å². The number of anilines is 1. The van der Waals surface area contributed by atoms with Gasteiger partial charge in [-0.1, -0.05) is 0 Å². The highest BCUT2D eigenvalue weighted by atomic mass is 16.5. The van der Waals surface area contributed by atoms with Crippen LogP contribution in [-0.4, -0.2) is 43.2 Å². The van der Waals surface area contributed by atoms with Gasteiger partial charge in [-0.05, 0) is 31.9 Å². The zero-order valence-electron chi connectivity index (χ0n) is 12.2. The molecule has 6 heteroatoms. The summed E-state index contributed by atoms with van der Waals surface area (Å²) in [6.07, 6.45) is 0.735. The lowest BCUT2D eigenvalue weighted by Crippen LogP contribution is -2.52. The predicted molar refractivity (Wildman–Crippen MR) is 77.8 cm³/mol. The fourth-order valence-electron chi connectivity index (χ4n) is 2.49. The number of hydrogen-bond acceptors (Lipinski definition) is 5. The Morgan fingerprint density at radius 3 is 2.80 bits per heavy atom. The number of hydrogen-bond donors (Lipinski definition) is 2. The number of aromatic nitrogens is 1. The van der Waals surface area contributed by atoms with E-state index >= 15 is 0 Å². The Balaban J connectivity index is 2.36. The van der Waals surface area contributed by atoms with Crippen molar-refractivity contribution in [3.63, 3.8) is 0 Å². The minimum atomic E-state index is -0.459. The van der Waals surface area contributed by atoms with Crippen LogP contribution in [0.1, 0.15) is 28.0 Å². The standard InChI is InChI=1S/C14H22N4O2/c1-8-6-10(13(16)19)14(17-9(8)2)18-5-4-11(15)12(7-18)20-3/h6,11-12H,4-5,7,15H2,1-3H3,(H2,16,19). The Labute approximate surface area is 119 Å². The van der Waals surface area contributed by atoms with Crippen LogP contribution in [0.5, 0.6) is 0 Å². The van der Waals surface area contributed by atoms with Crippen molar-refractivity contribution >= 4 is 11.7 Å². The van der Waals surface area contributed by atoms with E-state index in [9.17, 15) is 4.79 Å². The lowest BCUT2D eigenvalue weighted by molar-refractivity contribution is 0.0726. The Bertz CT molecular complexity index is 518. The molecule has 0 saturated carbocycles. The highest BCUT2D eigenvalue weighted by molar-refractivity contribution is 5.98. The van der Waals surface area contributed by atoms with Gasteiger partial charge in [-0.15, -0.1) is 0 Å². The average Bonchev–Trinajstić information content (AvgIpc) is 2.41. The number of piperidine rings is 1. The molecule has 1 aliphatic rings. The fourth-order valence-corrected chi connectivity index (χ4v) is 2.49. The van der Waals surface area contributed by atoms with Crippen molar-refractivity contribution in [1.82, 2.24) is 4.98 Å². The summed E-state index contributed by atoms with van der Waals surface area (Å²) in [5.74, 6) is 0.175. The largest absolute Gasteiger partial charge is 0.378 e. The molecule has 0 aliphatic carbocycles. The van der Waals surface area contributed by atoms with E-state index in [0.29, 0.717) is 17.9 Å². The number of carbonyl (C=O) groups excluding carboxylic acids is 1. The monoisotopic (exact) mass is 278 g/mol. The van der Waals surface area contributed by atoms with Gasteiger partial charge in [0.05, 0.1) is 11.7 Å². The number of methoxy groups -OCH3 is 1. The minimum Gasteiger partial charge on any atom is -0.378 e. The summed E-state index contributed by atoms with van der Waals surface area (Å²) in [7, 11) is 1.65. The van der Waals surface area contributed by atoms with Crippen LogP contribution >= 0.6 is 0 Å². The number of primary amides is 1. The second kappa shape index (κ2) is 5.76. The fraction of sp³-hybridized carbons (Fsp3) is 0.571. The molecule has 1 fully saturated rings. The Kier molecular flexibility index (Phi) is 4.25. The average molecular weight is 278 g/mol. The lowest BCUT2D eigenvalue weighted by atomic mass is 10.0. The molecule has 0 spiro atoms. The van der Waals surface area contributed by atoms with Crippen LogP contribution in [-0.2, 0) is 4.74 Å². The van der Waals surface area contributed by atoms with E-state index < -0.39 is 5.91 Å². The third-order valence-electron chi connectivity index (χ3n) is 3.92. The predicted octanol–water partition coefficient (Wildman–Crippen LogP) is 0.350. The van der Waals surface area contributed by atoms with Crippen molar-refractivity contribution in [2.75, 3.05) is 25.1 Å². The van der Waals surface area contributed by atoms with Gasteiger partial charge in [0.25, 0.3) is 5.91 Å². The Hall–Kier alpha value is -1.66. The maximum absolute atomic E-state index is 11.6. The van der Waals surface area contributed by atoms with Crippen LogP contribution in [0.15, 0.2) is 6.07 Å². The lowest BCUT2D eigenvalue weighted by Gasteiger charge is -2.37. The normalized spacial score (nSPS) is 22.9. The second-order valence-corrected chi connectivity index (χ2v) is 5.30. The van der Waals surface area contributed by atoms with Crippen molar-refractivity contribution in [2.45, 2.75) is 32.4 Å². The second-order valence-electron chi connectivity index (χ2n) is 5.30. The van der Waals surface area contributed by atoms with Gasteiger partial charge in [-0.3, -0.25) is 4.79 Å². The third kappa shape index (κ3) is 2.76. The van der Waals surface area contributed by atoms with Gasteiger partial charge in [-0.25, -0.2) is 4.98 Å². The summed E-state index contributed by atoms with van der Waals surface area (Å²) < 4.78 is 5.40. The molecule has 4 N–H and O–H groups in total. The molecule has 2 unspecified atom stereocenters. The van der Waals surface area contributed by atoms with Gasteiger partial charge in [0.15, 0.2) is 0 Å². The summed E-state index contributed by atoms with van der Waals surface area (Å²) in [6, 6.07) is 1.82. The third-order valence-corrected chi connectivity index (χ3v) is 3.92. The number of ether oxygens (including phenoxy) is 1. The van der Waals surface area contributed by atoms with Crippen LogP contribution in [0.2, 0.25) is 0 Å². The van der Waals surface area contributed by atoms with Gasteiger partial charge in [-0.2, -0.15) is 0 Å². The van der Waals surface area contributed by atoms with E-state index in [1.165, 1.54) is 0 Å². The minimum absolute atomic E-state index is 0.0137. The number of aryl methyl sites for hydroxylation is 2. The van der Waals surface area contributed by atoms with Crippen LogP contribution in [0, 0.1) is 13.8 Å². The van der Waals surface area contributed by atoms with E-state index in [1.807, 2.05) is 18.7 Å². The highest BCUT2D eigenvalue weighted by Gasteiger charge is 2.29. The van der Waals surface area contributed by atoms with Crippen LogP contribution < -0.4 is 16.4 Å². The summed E-state index contributed by atoms with van der Waals surface area (Å²) in [6.45, 7) is 5.21. The van der Waals surface area contributed by atoms with Crippen LogP contribution in [0.3, 0.4) is 0 Å². The van der Waals surface area contributed by atoms with E-state index in [2.05, 4.69) is 4.98 Å². The van der Waals surface area contributed by atoms with Crippen molar-refractivity contribution in [3.8, 4) is 0 Å². The van der Waals surface area contributed by atoms with E-state index in [0.717, 1.165) is 24.2 Å². The molecule has 6 nitrogen and oxygen atoms in total. The van der Waals surface area contributed by atoms with E-state index in [4.69, 9.17) is 16.2 Å². The highest BCUT2D eigenvalue weighted by Crippen LogP contribution is 2.24. The maximum atomic E-state index is 11.6. The van der Waals surface area contributed by atoms with Crippen molar-refractivity contribution in [2.24, 2.45) is 11.5 Å². The zero-order valence-corrected chi connectivity index (χ0v) is 12.2. The van der Waals surface area contributed by atoms with Gasteiger partial charge in [0.1, 0.15) is 5.82 Å². The van der Waals surface area contributed by atoms with Crippen LogP contribution in [0.25, 0.3) is 0 Å². The SMILES string of the molecule is COC1CN(c2nc(C)c(C)cc2C(N)=O)CCC1N. The Morgan fingerprint density at radius 2 is 2.20 bits per heavy atom. The zero-order chi connectivity index (χ0) is 14.9. The molecule has 1 aromatic rings. The number of carbonyl (C=O) groups is 1. The molecule has 2 atom stereocenters. The molecule has 1 aliphatic heterocycles. The first kappa shape index (κ1) is 14.7. The summed E-state index contributed by atoms with van der Waals surface area (Å²) >= 11 is 0. The number of rotatable bonds is 3. The van der Waals surface area contributed by atoms with Crippen molar-refractivity contribution < 1.29 is 9.53 Å². The Morgan fingerprint density at radius 1 is 1.50 bits per heavy atom. The molecule has 0 radical (unpaired) electrons. The molecule has 20 heavy (non-hydrogen) atoms. The maximum Gasteiger partial charge on any atom is 0.252 e. The molecule has 0 aromatic carbocycles. The van der Waals surface area contributed by atoms with Gasteiger partial charge >= 0.3 is 0 Å². The van der Waals surface area contributed by atoms with Gasteiger partial charge in [0, 0.05) is 31.9 Å². The summed E-state index contributed by atoms with van der Waals surface area (Å²) in [5.41, 5.74) is 13.8. The van der Waals surface area contributed by atoms with Crippen LogP contribution in [0.4, 0.5) is 5.82 Å². The quantitative estimate of drug-likeness (QED) is 0.832. The van der Waals surface area contributed by atoms with Crippen molar-refractivity contribution in [3.05, 3.63) is 22.9 Å². The molecule has 1 aromatic heterocycles. The first-order valence-electron chi connectivity index (χ1n) is 6.75. The van der Waals surface area contributed by atoms with Gasteiger partial charge < -0.3 is 21.1 Å². The number of pyridine rings is 1. The first-order chi connectivity index (χ1) is 9.43. The molecule has 2 heterocycles. The smallest absolute Gasteiger partial charge is 0.252 e. The van der Waals surface area contributed by atoms with Crippen molar-refractivity contribution in [1.29, 1.82) is 0 Å². The number of nitrogens with two attached hydrogens (primary N) is 2. The first-order valence-corrected chi connectivity index (χ1v) is 6.75. The molecular weight excluding hydrogens is 256 g/mol. The molecule has 1 saturated heterocycles.